The van der Waals surface area contributed by atoms with Crippen LogP contribution in [0.15, 0.2) is 0 Å². The highest BCUT2D eigenvalue weighted by atomic mass is 16.5. The first-order valence-electron chi connectivity index (χ1n) is 5.81. The maximum absolute atomic E-state index is 11.1. The first-order chi connectivity index (χ1) is 7.24. The van der Waals surface area contributed by atoms with Crippen LogP contribution in [0.5, 0.6) is 0 Å². The van der Waals surface area contributed by atoms with Gasteiger partial charge in [-0.15, -0.1) is 0 Å². The van der Waals surface area contributed by atoms with Crippen LogP contribution in [0.3, 0.4) is 0 Å². The maximum Gasteiger partial charge on any atom is 0.245 e. The SMILES string of the molecule is CCCNC(=O)COCCN(CC)CC. The van der Waals surface area contributed by atoms with E-state index in [0.717, 1.165) is 32.6 Å². The monoisotopic (exact) mass is 216 g/mol. The second-order valence-electron chi connectivity index (χ2n) is 3.43. The van der Waals surface area contributed by atoms with E-state index in [9.17, 15) is 4.79 Å². The third-order valence-electron chi connectivity index (χ3n) is 2.25. The third-order valence-corrected chi connectivity index (χ3v) is 2.25. The van der Waals surface area contributed by atoms with Gasteiger partial charge in [0.25, 0.3) is 0 Å². The summed E-state index contributed by atoms with van der Waals surface area (Å²) in [5, 5.41) is 2.77. The molecule has 0 rings (SSSR count). The summed E-state index contributed by atoms with van der Waals surface area (Å²) in [6.07, 6.45) is 0.963. The predicted molar refractivity (Wildman–Crippen MR) is 61.9 cm³/mol. The van der Waals surface area contributed by atoms with E-state index < -0.39 is 0 Å². The topological polar surface area (TPSA) is 41.6 Å². The quantitative estimate of drug-likeness (QED) is 0.582. The molecule has 0 aliphatic heterocycles. The number of carbonyl (C=O) groups excluding carboxylic acids is 1. The second-order valence-corrected chi connectivity index (χ2v) is 3.43. The Morgan fingerprint density at radius 3 is 2.47 bits per heavy atom. The number of nitrogens with one attached hydrogen (secondary N) is 1. The summed E-state index contributed by atoms with van der Waals surface area (Å²) in [6, 6.07) is 0. The minimum atomic E-state index is -0.0172. The zero-order chi connectivity index (χ0) is 11.5. The Morgan fingerprint density at radius 1 is 1.27 bits per heavy atom. The van der Waals surface area contributed by atoms with Crippen LogP contribution < -0.4 is 5.32 Å². The number of nitrogens with zero attached hydrogens (tertiary/aromatic N) is 1. The molecule has 0 spiro atoms. The van der Waals surface area contributed by atoms with Crippen LogP contribution in [-0.4, -0.2) is 50.2 Å². The predicted octanol–water partition coefficient (Wildman–Crippen LogP) is 0.871. The minimum Gasteiger partial charge on any atom is -0.370 e. The molecule has 0 aromatic heterocycles. The van der Waals surface area contributed by atoms with Gasteiger partial charge >= 0.3 is 0 Å². The number of amides is 1. The van der Waals surface area contributed by atoms with Gasteiger partial charge in [0.1, 0.15) is 6.61 Å². The summed E-state index contributed by atoms with van der Waals surface area (Å²) < 4.78 is 5.27. The molecule has 0 saturated heterocycles. The van der Waals surface area contributed by atoms with E-state index in [1.54, 1.807) is 0 Å². The minimum absolute atomic E-state index is 0.0172. The maximum atomic E-state index is 11.1. The lowest BCUT2D eigenvalue weighted by Gasteiger charge is -2.17. The molecule has 0 aromatic rings. The number of likely N-dealkylation sites (N-methyl/N-ethyl adjacent to an activating group) is 1. The molecule has 4 heteroatoms. The average Bonchev–Trinajstić information content (AvgIpc) is 2.26. The lowest BCUT2D eigenvalue weighted by molar-refractivity contribution is -0.125. The molecule has 0 atom stereocenters. The molecule has 0 radical (unpaired) electrons. The lowest BCUT2D eigenvalue weighted by Crippen LogP contribution is -2.31. The first kappa shape index (κ1) is 14.4. The molecular weight excluding hydrogens is 192 g/mol. The van der Waals surface area contributed by atoms with Crippen molar-refractivity contribution in [1.29, 1.82) is 0 Å². The van der Waals surface area contributed by atoms with Gasteiger partial charge in [-0.2, -0.15) is 0 Å². The first-order valence-corrected chi connectivity index (χ1v) is 5.81. The molecule has 4 nitrogen and oxygen atoms in total. The van der Waals surface area contributed by atoms with Crippen molar-refractivity contribution in [3.05, 3.63) is 0 Å². The van der Waals surface area contributed by atoms with Crippen LogP contribution in [0.4, 0.5) is 0 Å². The van der Waals surface area contributed by atoms with Crippen molar-refractivity contribution in [2.24, 2.45) is 0 Å². The fourth-order valence-electron chi connectivity index (χ4n) is 1.21. The van der Waals surface area contributed by atoms with Crippen molar-refractivity contribution in [2.75, 3.05) is 39.4 Å². The summed E-state index contributed by atoms with van der Waals surface area (Å²) in [4.78, 5) is 13.4. The third kappa shape index (κ3) is 8.39. The molecule has 0 unspecified atom stereocenters. The number of ether oxygens (including phenoxy) is 1. The van der Waals surface area contributed by atoms with Gasteiger partial charge in [-0.25, -0.2) is 0 Å². The Labute approximate surface area is 93.0 Å². The number of carbonyl (C=O) groups is 1. The molecule has 90 valence electrons. The van der Waals surface area contributed by atoms with Gasteiger partial charge in [-0.1, -0.05) is 20.8 Å². The van der Waals surface area contributed by atoms with E-state index in [1.165, 1.54) is 0 Å². The van der Waals surface area contributed by atoms with Crippen LogP contribution in [0.1, 0.15) is 27.2 Å². The summed E-state index contributed by atoms with van der Waals surface area (Å²) in [7, 11) is 0. The number of rotatable bonds is 9. The summed E-state index contributed by atoms with van der Waals surface area (Å²) in [6.45, 7) is 10.8. The van der Waals surface area contributed by atoms with Gasteiger partial charge < -0.3 is 15.0 Å². The molecule has 1 N–H and O–H groups in total. The summed E-state index contributed by atoms with van der Waals surface area (Å²) in [5.41, 5.74) is 0. The molecule has 0 aliphatic carbocycles. The Balaban J connectivity index is 3.33. The molecular formula is C11H24N2O2. The zero-order valence-electron chi connectivity index (χ0n) is 10.2. The molecule has 0 bridgehead atoms. The standard InChI is InChI=1S/C11H24N2O2/c1-4-7-12-11(14)10-15-9-8-13(5-2)6-3/h4-10H2,1-3H3,(H,12,14). The van der Waals surface area contributed by atoms with E-state index in [4.69, 9.17) is 4.74 Å². The van der Waals surface area contributed by atoms with Crippen LogP contribution >= 0.6 is 0 Å². The highest BCUT2D eigenvalue weighted by molar-refractivity contribution is 5.77. The van der Waals surface area contributed by atoms with Gasteiger partial charge in [-0.05, 0) is 19.5 Å². The summed E-state index contributed by atoms with van der Waals surface area (Å²) >= 11 is 0. The second kappa shape index (κ2) is 9.93. The van der Waals surface area contributed by atoms with Crippen molar-refractivity contribution < 1.29 is 9.53 Å². The van der Waals surface area contributed by atoms with Crippen LogP contribution in [-0.2, 0) is 9.53 Å². The largest absolute Gasteiger partial charge is 0.370 e. The van der Waals surface area contributed by atoms with Crippen molar-refractivity contribution in [2.45, 2.75) is 27.2 Å². The Kier molecular flexibility index (Phi) is 9.52. The van der Waals surface area contributed by atoms with Gasteiger partial charge in [0.05, 0.1) is 6.61 Å². The smallest absolute Gasteiger partial charge is 0.245 e. The van der Waals surface area contributed by atoms with Gasteiger partial charge in [0, 0.05) is 13.1 Å². The van der Waals surface area contributed by atoms with Crippen LogP contribution in [0.2, 0.25) is 0 Å². The molecule has 0 aliphatic rings. The summed E-state index contributed by atoms with van der Waals surface area (Å²) in [5.74, 6) is -0.0172. The average molecular weight is 216 g/mol. The molecule has 0 aromatic carbocycles. The van der Waals surface area contributed by atoms with E-state index in [2.05, 4.69) is 24.1 Å². The Hall–Kier alpha value is -0.610. The zero-order valence-corrected chi connectivity index (χ0v) is 10.2. The Bertz CT molecular complexity index is 159. The lowest BCUT2D eigenvalue weighted by atomic mass is 10.4. The van der Waals surface area contributed by atoms with Crippen molar-refractivity contribution in [3.63, 3.8) is 0 Å². The van der Waals surface area contributed by atoms with Crippen LogP contribution in [0.25, 0.3) is 0 Å². The highest BCUT2D eigenvalue weighted by Crippen LogP contribution is 1.86. The fraction of sp³-hybridized carbons (Fsp3) is 0.909. The highest BCUT2D eigenvalue weighted by Gasteiger charge is 2.01. The molecule has 1 amide bonds. The van der Waals surface area contributed by atoms with E-state index in [-0.39, 0.29) is 12.5 Å². The van der Waals surface area contributed by atoms with Gasteiger partial charge in [0.2, 0.25) is 5.91 Å². The van der Waals surface area contributed by atoms with E-state index >= 15 is 0 Å². The molecule has 15 heavy (non-hydrogen) atoms. The van der Waals surface area contributed by atoms with Gasteiger partial charge in [-0.3, -0.25) is 4.79 Å². The van der Waals surface area contributed by atoms with E-state index in [0.29, 0.717) is 6.61 Å². The number of hydrogen-bond donors (Lipinski definition) is 1. The normalized spacial score (nSPS) is 10.7. The molecule has 0 heterocycles. The molecule has 0 saturated carbocycles. The Morgan fingerprint density at radius 2 is 1.93 bits per heavy atom. The fourth-order valence-corrected chi connectivity index (χ4v) is 1.21. The van der Waals surface area contributed by atoms with Crippen molar-refractivity contribution >= 4 is 5.91 Å². The van der Waals surface area contributed by atoms with E-state index in [1.807, 2.05) is 6.92 Å². The van der Waals surface area contributed by atoms with Gasteiger partial charge in [0.15, 0.2) is 0 Å². The van der Waals surface area contributed by atoms with Crippen molar-refractivity contribution in [3.8, 4) is 0 Å². The molecule has 0 fully saturated rings. The van der Waals surface area contributed by atoms with Crippen LogP contribution in [0, 0.1) is 0 Å². The number of hydrogen-bond acceptors (Lipinski definition) is 3. The van der Waals surface area contributed by atoms with Crippen molar-refractivity contribution in [1.82, 2.24) is 10.2 Å².